The van der Waals surface area contributed by atoms with Crippen LogP contribution in [-0.4, -0.2) is 70.7 Å². The fourth-order valence-corrected chi connectivity index (χ4v) is 7.33. The van der Waals surface area contributed by atoms with Gasteiger partial charge in [-0.05, 0) is 86.3 Å². The lowest BCUT2D eigenvalue weighted by molar-refractivity contribution is -0.138. The van der Waals surface area contributed by atoms with Crippen LogP contribution in [0.15, 0.2) is 71.8 Å². The highest BCUT2D eigenvalue weighted by Gasteiger charge is 2.36. The molecule has 0 aliphatic carbocycles. The Kier molecular flexibility index (Phi) is 9.89. The average molecular weight is 737 g/mol. The van der Waals surface area contributed by atoms with Gasteiger partial charge in [-0.15, -0.1) is 0 Å². The number of aryl methyl sites for hydroxylation is 1. The zero-order valence-electron chi connectivity index (χ0n) is 29.2. The Bertz CT molecular complexity index is 2200. The third-order valence-electron chi connectivity index (χ3n) is 9.94. The zero-order valence-corrected chi connectivity index (χ0v) is 29.2. The van der Waals surface area contributed by atoms with Crippen LogP contribution in [-0.2, 0) is 18.9 Å². The molecular weight excluding hydrogens is 698 g/mol. The number of benzene rings is 2. The van der Waals surface area contributed by atoms with Crippen molar-refractivity contribution in [2.75, 3.05) is 56.5 Å². The molecule has 1 unspecified atom stereocenters. The lowest BCUT2D eigenvalue weighted by Gasteiger charge is -2.31. The quantitative estimate of drug-likeness (QED) is 0.170. The van der Waals surface area contributed by atoms with Crippen LogP contribution in [0.3, 0.4) is 0 Å². The van der Waals surface area contributed by atoms with E-state index in [1.807, 2.05) is 13.0 Å². The Balaban J connectivity index is 1.31. The van der Waals surface area contributed by atoms with Crippen LogP contribution in [0.2, 0.25) is 0 Å². The molecule has 0 amide bonds. The maximum Gasteiger partial charge on any atom is 0.418 e. The molecular formula is C38H38F6N8O. The van der Waals surface area contributed by atoms with Crippen LogP contribution < -0.4 is 21.1 Å². The predicted octanol–water partition coefficient (Wildman–Crippen LogP) is 7.21. The monoisotopic (exact) mass is 736 g/mol. The number of aromatic nitrogens is 4. The molecule has 7 rings (SSSR count). The normalized spacial score (nSPS) is 17.4. The molecule has 9 nitrogen and oxygen atoms in total. The smallest absolute Gasteiger partial charge is 0.368 e. The van der Waals surface area contributed by atoms with Crippen molar-refractivity contribution in [3.63, 3.8) is 0 Å². The van der Waals surface area contributed by atoms with E-state index in [4.69, 9.17) is 4.98 Å². The first kappa shape index (κ1) is 36.3. The topological polar surface area (TPSA) is 91.2 Å². The Morgan fingerprint density at radius 3 is 2.38 bits per heavy atom. The Hall–Kier alpha value is -5.02. The number of alkyl halides is 6. The van der Waals surface area contributed by atoms with Gasteiger partial charge in [-0.3, -0.25) is 14.3 Å². The van der Waals surface area contributed by atoms with Crippen molar-refractivity contribution in [2.45, 2.75) is 44.6 Å². The number of pyridine rings is 2. The first-order chi connectivity index (χ1) is 25.3. The van der Waals surface area contributed by atoms with Gasteiger partial charge in [-0.2, -0.15) is 31.3 Å². The van der Waals surface area contributed by atoms with Gasteiger partial charge >= 0.3 is 12.4 Å². The summed E-state index contributed by atoms with van der Waals surface area (Å²) in [6.45, 7) is 5.20. The standard InChI is InChI=1S/C38H38F6N8O/c1-23-16-26(24-7-5-13-50(2)21-24)19-46-33(23)29-17-27-20-47-36(48-28-9-10-32(31(18-28)38(42,43)44)51-14-11-45-12-15-51)49-34(27)52(35(29)53)22-25-6-3-4-8-30(25)37(39,40)41/h3-4,6,8-10,16-20,24,45H,5,7,11-15,21-22H2,1-2H3,(H,47,48,49). The molecule has 5 aromatic rings. The Morgan fingerprint density at radius 2 is 1.66 bits per heavy atom. The van der Waals surface area contributed by atoms with Crippen molar-refractivity contribution < 1.29 is 26.3 Å². The van der Waals surface area contributed by atoms with Crippen molar-refractivity contribution in [1.82, 2.24) is 29.7 Å². The van der Waals surface area contributed by atoms with Gasteiger partial charge in [0.05, 0.1) is 28.9 Å². The van der Waals surface area contributed by atoms with Gasteiger partial charge in [-0.25, -0.2) is 4.98 Å². The number of piperazine rings is 1. The summed E-state index contributed by atoms with van der Waals surface area (Å²) in [6.07, 6.45) is -4.13. The molecule has 3 aromatic heterocycles. The van der Waals surface area contributed by atoms with E-state index in [-0.39, 0.29) is 40.0 Å². The molecule has 0 radical (unpaired) electrons. The highest BCUT2D eigenvalue weighted by atomic mass is 19.4. The third kappa shape index (κ3) is 7.72. The second-order valence-electron chi connectivity index (χ2n) is 13.7. The van der Waals surface area contributed by atoms with E-state index in [0.29, 0.717) is 37.3 Å². The summed E-state index contributed by atoms with van der Waals surface area (Å²) in [6, 6.07) is 12.4. The van der Waals surface area contributed by atoms with Crippen LogP contribution in [0.4, 0.5) is 43.7 Å². The van der Waals surface area contributed by atoms with E-state index in [1.54, 1.807) is 17.2 Å². The van der Waals surface area contributed by atoms with Gasteiger partial charge in [-0.1, -0.05) is 24.3 Å². The molecule has 2 aliphatic rings. The van der Waals surface area contributed by atoms with Crippen LogP contribution in [0, 0.1) is 6.92 Å². The summed E-state index contributed by atoms with van der Waals surface area (Å²) in [7, 11) is 2.07. The van der Waals surface area contributed by atoms with Crippen molar-refractivity contribution in [1.29, 1.82) is 0 Å². The molecule has 0 bridgehead atoms. The number of hydrogen-bond acceptors (Lipinski definition) is 8. The van der Waals surface area contributed by atoms with Crippen LogP contribution in [0.5, 0.6) is 0 Å². The van der Waals surface area contributed by atoms with Gasteiger partial charge in [0.15, 0.2) is 0 Å². The number of rotatable bonds is 7. The highest BCUT2D eigenvalue weighted by Crippen LogP contribution is 2.39. The molecule has 2 aromatic carbocycles. The number of halogens is 6. The summed E-state index contributed by atoms with van der Waals surface area (Å²) < 4.78 is 86.3. The largest absolute Gasteiger partial charge is 0.418 e. The summed E-state index contributed by atoms with van der Waals surface area (Å²) in [4.78, 5) is 31.8. The van der Waals surface area contributed by atoms with E-state index >= 15 is 0 Å². The van der Waals surface area contributed by atoms with E-state index < -0.39 is 35.6 Å². The molecule has 2 N–H and O–H groups in total. The molecule has 53 heavy (non-hydrogen) atoms. The van der Waals surface area contributed by atoms with Crippen LogP contribution >= 0.6 is 0 Å². The maximum absolute atomic E-state index is 14.4. The van der Waals surface area contributed by atoms with E-state index in [2.05, 4.69) is 32.5 Å². The lowest BCUT2D eigenvalue weighted by Crippen LogP contribution is -2.44. The van der Waals surface area contributed by atoms with Crippen molar-refractivity contribution >= 4 is 28.4 Å². The van der Waals surface area contributed by atoms with Crippen LogP contribution in [0.1, 0.15) is 46.6 Å². The second kappa shape index (κ2) is 14.4. The molecule has 278 valence electrons. The first-order valence-corrected chi connectivity index (χ1v) is 17.4. The Morgan fingerprint density at radius 1 is 0.906 bits per heavy atom. The van der Waals surface area contributed by atoms with E-state index in [0.717, 1.165) is 53.8 Å². The molecule has 15 heteroatoms. The minimum atomic E-state index is -4.69. The summed E-state index contributed by atoms with van der Waals surface area (Å²) in [5, 5.41) is 6.28. The first-order valence-electron chi connectivity index (χ1n) is 17.4. The van der Waals surface area contributed by atoms with E-state index in [1.165, 1.54) is 36.5 Å². The number of fused-ring (bicyclic) bond motifs is 1. The van der Waals surface area contributed by atoms with Crippen LogP contribution in [0.25, 0.3) is 22.3 Å². The average Bonchev–Trinajstić information content (AvgIpc) is 3.13. The maximum atomic E-state index is 14.4. The number of nitrogens with one attached hydrogen (secondary N) is 2. The minimum absolute atomic E-state index is 0.00113. The molecule has 2 aliphatic heterocycles. The molecule has 5 heterocycles. The van der Waals surface area contributed by atoms with Gasteiger partial charge in [0.2, 0.25) is 5.95 Å². The van der Waals surface area contributed by atoms with E-state index in [9.17, 15) is 31.1 Å². The summed E-state index contributed by atoms with van der Waals surface area (Å²) >= 11 is 0. The molecule has 2 fully saturated rings. The lowest BCUT2D eigenvalue weighted by atomic mass is 9.90. The van der Waals surface area contributed by atoms with Crippen molar-refractivity contribution in [2.24, 2.45) is 0 Å². The van der Waals surface area contributed by atoms with Gasteiger partial charge in [0.1, 0.15) is 5.65 Å². The number of anilines is 3. The second-order valence-corrected chi connectivity index (χ2v) is 13.7. The number of piperidine rings is 1. The SMILES string of the molecule is Cc1cc(C2CCCN(C)C2)cnc1-c1cc2cnc(Nc3ccc(N4CCNCC4)c(C(F)(F)F)c3)nc2n(Cc2ccccc2C(F)(F)F)c1=O. The molecule has 0 saturated carbocycles. The van der Waals surface area contributed by atoms with Gasteiger partial charge in [0, 0.05) is 61.9 Å². The molecule has 2 saturated heterocycles. The van der Waals surface area contributed by atoms with Crippen molar-refractivity contribution in [3.8, 4) is 11.3 Å². The number of hydrogen-bond donors (Lipinski definition) is 2. The molecule has 0 spiro atoms. The Labute approximate surface area is 301 Å². The van der Waals surface area contributed by atoms with Crippen molar-refractivity contribution in [3.05, 3.63) is 105 Å². The predicted molar refractivity (Wildman–Crippen MR) is 192 cm³/mol. The minimum Gasteiger partial charge on any atom is -0.368 e. The molecule has 1 atom stereocenters. The number of likely N-dealkylation sites (tertiary alicyclic amines) is 1. The fourth-order valence-electron chi connectivity index (χ4n) is 7.33. The number of likely N-dealkylation sites (N-methyl/N-ethyl adjacent to an activating group) is 1. The van der Waals surface area contributed by atoms with Gasteiger partial charge in [0.25, 0.3) is 5.56 Å². The third-order valence-corrected chi connectivity index (χ3v) is 9.94. The fraction of sp³-hybridized carbons (Fsp3) is 0.368. The summed E-state index contributed by atoms with van der Waals surface area (Å²) in [5.41, 5.74) is -0.0923. The number of nitrogens with zero attached hydrogens (tertiary/aromatic N) is 6. The summed E-state index contributed by atoms with van der Waals surface area (Å²) in [5.74, 6) is 0.146. The highest BCUT2D eigenvalue weighted by molar-refractivity contribution is 5.82. The van der Waals surface area contributed by atoms with Gasteiger partial charge < -0.3 is 20.4 Å². The zero-order chi connectivity index (χ0) is 37.5.